The zero-order valence-corrected chi connectivity index (χ0v) is 16.7. The summed E-state index contributed by atoms with van der Waals surface area (Å²) in [4.78, 5) is 10.8. The quantitative estimate of drug-likeness (QED) is 0.626. The Balaban J connectivity index is 1.71. The van der Waals surface area contributed by atoms with Crippen LogP contribution in [0, 0.1) is 0 Å². The topological polar surface area (TPSA) is 48.7 Å². The molecule has 1 N–H and O–H groups in total. The molecule has 4 nitrogen and oxygen atoms in total. The number of pyridine rings is 1. The summed E-state index contributed by atoms with van der Waals surface area (Å²) in [6, 6.07) is 14.1. The molecule has 28 heavy (non-hydrogen) atoms. The molecule has 1 aromatic heterocycles. The molecule has 2 heterocycles. The average molecular weight is 372 g/mol. The van der Waals surface area contributed by atoms with E-state index in [-0.39, 0.29) is 0 Å². The summed E-state index contributed by atoms with van der Waals surface area (Å²) in [5, 5.41) is 11.0. The molecule has 0 atom stereocenters. The zero-order valence-electron chi connectivity index (χ0n) is 16.7. The maximum absolute atomic E-state index is 11.0. The molecule has 3 rings (SSSR count). The average Bonchev–Trinajstić information content (AvgIpc) is 2.73. The second kappa shape index (κ2) is 9.11. The minimum absolute atomic E-state index is 0.675. The predicted molar refractivity (Wildman–Crippen MR) is 118 cm³/mol. The third-order valence-electron chi connectivity index (χ3n) is 5.36. The van der Waals surface area contributed by atoms with Crippen LogP contribution in [-0.4, -0.2) is 53.0 Å². The van der Waals surface area contributed by atoms with Crippen molar-refractivity contribution in [3.63, 3.8) is 0 Å². The molecule has 1 radical (unpaired) electrons. The number of rotatable bonds is 6. The number of aliphatic imine (C=N–C) groups is 1. The normalized spacial score (nSPS) is 17.4. The first-order valence-corrected chi connectivity index (χ1v) is 9.76. The Bertz CT molecular complexity index is 854. The fourth-order valence-electron chi connectivity index (χ4n) is 3.70. The van der Waals surface area contributed by atoms with Gasteiger partial charge >= 0.3 is 168 Å². The Labute approximate surface area is 168 Å². The number of aromatic nitrogens is 1. The van der Waals surface area contributed by atoms with Crippen LogP contribution in [0.15, 0.2) is 65.4 Å². The summed E-state index contributed by atoms with van der Waals surface area (Å²) >= 11 is 0. The molecule has 1 fully saturated rings. The van der Waals surface area contributed by atoms with E-state index in [1.165, 1.54) is 5.56 Å². The Morgan fingerprint density at radius 2 is 1.82 bits per heavy atom. The third kappa shape index (κ3) is 4.84. The van der Waals surface area contributed by atoms with Gasteiger partial charge in [-0.05, 0) is 0 Å². The van der Waals surface area contributed by atoms with Crippen molar-refractivity contribution < 1.29 is 5.11 Å². The van der Waals surface area contributed by atoms with Crippen LogP contribution in [-0.2, 0) is 6.42 Å². The first-order valence-electron chi connectivity index (χ1n) is 9.76. The van der Waals surface area contributed by atoms with Crippen LogP contribution in [0.1, 0.15) is 37.8 Å². The molecule has 0 aliphatic carbocycles. The second-order valence-electron chi connectivity index (χ2n) is 7.36. The fourth-order valence-corrected chi connectivity index (χ4v) is 3.70. The molecule has 2 aromatic rings. The Morgan fingerprint density at radius 3 is 2.43 bits per heavy atom. The molecule has 0 saturated carbocycles. The van der Waals surface area contributed by atoms with E-state index in [0.717, 1.165) is 35.5 Å². The molecule has 0 amide bonds. The van der Waals surface area contributed by atoms with Crippen molar-refractivity contribution in [3.8, 4) is 0 Å². The number of likely N-dealkylation sites (tertiary alicyclic amines) is 1. The van der Waals surface area contributed by atoms with E-state index in [1.54, 1.807) is 18.6 Å². The van der Waals surface area contributed by atoms with E-state index in [0.29, 0.717) is 19.3 Å². The van der Waals surface area contributed by atoms with Crippen molar-refractivity contribution in [1.82, 2.24) is 9.88 Å². The van der Waals surface area contributed by atoms with Gasteiger partial charge < -0.3 is 0 Å². The monoisotopic (exact) mass is 372 g/mol. The SMILES string of the molecule is [B]=C(/C(C)=C(/N=CC)c1ccncc1)N1CCC(O)(Cc2ccccc2)CC1. The van der Waals surface area contributed by atoms with Gasteiger partial charge in [-0.3, -0.25) is 0 Å². The van der Waals surface area contributed by atoms with Gasteiger partial charge in [0.25, 0.3) is 0 Å². The molecule has 0 bridgehead atoms. The summed E-state index contributed by atoms with van der Waals surface area (Å²) in [5.41, 5.74) is 4.00. The van der Waals surface area contributed by atoms with Crippen molar-refractivity contribution >= 4 is 25.0 Å². The van der Waals surface area contributed by atoms with E-state index in [9.17, 15) is 5.11 Å². The van der Waals surface area contributed by atoms with Gasteiger partial charge in [-0.1, -0.05) is 0 Å². The molecule has 0 spiro atoms. The van der Waals surface area contributed by atoms with Crippen molar-refractivity contribution in [2.75, 3.05) is 13.1 Å². The van der Waals surface area contributed by atoms with E-state index >= 15 is 0 Å². The Morgan fingerprint density at radius 1 is 1.18 bits per heavy atom. The third-order valence-corrected chi connectivity index (χ3v) is 5.36. The standard InChI is InChI=1S/C23H27BN3O/c1-3-26-21(20-9-13-25-14-10-20)18(2)22(24)27-15-11-23(28,12-16-27)17-19-7-5-4-6-8-19/h3-10,13-14,28H,11-12,15-17H2,1-2H3/b21-18+,26-3?. The maximum atomic E-state index is 11.0. The number of aliphatic hydroxyl groups is 1. The van der Waals surface area contributed by atoms with Crippen LogP contribution < -0.4 is 0 Å². The van der Waals surface area contributed by atoms with Gasteiger partial charge in [0.15, 0.2) is 0 Å². The molecular formula is C23H27BN3O. The van der Waals surface area contributed by atoms with Crippen LogP contribution in [0.2, 0.25) is 0 Å². The Hall–Kier alpha value is -2.53. The summed E-state index contributed by atoms with van der Waals surface area (Å²) < 4.78 is 0. The molecule has 1 aliphatic rings. The number of benzene rings is 1. The Kier molecular flexibility index (Phi) is 6.58. The van der Waals surface area contributed by atoms with Gasteiger partial charge in [0.1, 0.15) is 0 Å². The van der Waals surface area contributed by atoms with Crippen LogP contribution in [0.5, 0.6) is 0 Å². The molecule has 1 aliphatic heterocycles. The van der Waals surface area contributed by atoms with Crippen molar-refractivity contribution in [2.24, 2.45) is 4.99 Å². The van der Waals surface area contributed by atoms with Gasteiger partial charge in [-0.15, -0.1) is 0 Å². The van der Waals surface area contributed by atoms with Gasteiger partial charge in [0, 0.05) is 0 Å². The molecule has 5 heteroatoms. The van der Waals surface area contributed by atoms with Gasteiger partial charge in [-0.2, -0.15) is 0 Å². The van der Waals surface area contributed by atoms with Crippen molar-refractivity contribution in [1.29, 1.82) is 0 Å². The summed E-state index contributed by atoms with van der Waals surface area (Å²) in [7, 11) is 6.52. The van der Waals surface area contributed by atoms with Crippen LogP contribution in [0.4, 0.5) is 0 Å². The first kappa shape index (κ1) is 20.2. The van der Waals surface area contributed by atoms with Crippen LogP contribution >= 0.6 is 0 Å². The van der Waals surface area contributed by atoms with Crippen LogP contribution in [0.25, 0.3) is 5.70 Å². The molecule has 1 saturated heterocycles. The molecule has 1 aromatic carbocycles. The zero-order chi connectivity index (χ0) is 20.0. The first-order chi connectivity index (χ1) is 13.5. The molecule has 0 unspecified atom stereocenters. The van der Waals surface area contributed by atoms with Gasteiger partial charge in [-0.25, -0.2) is 0 Å². The van der Waals surface area contributed by atoms with E-state index in [2.05, 4.69) is 27.0 Å². The van der Waals surface area contributed by atoms with E-state index < -0.39 is 5.60 Å². The molecule has 143 valence electrons. The van der Waals surface area contributed by atoms with E-state index in [1.807, 2.05) is 44.2 Å². The fraction of sp³-hybridized carbons (Fsp3) is 0.348. The van der Waals surface area contributed by atoms with E-state index in [4.69, 9.17) is 7.49 Å². The predicted octanol–water partition coefficient (Wildman–Crippen LogP) is 3.27. The number of piperidine rings is 1. The number of hydrogen-bond acceptors (Lipinski definition) is 4. The number of hydrogen-bond donors (Lipinski definition) is 1. The minimum atomic E-state index is -0.675. The molecular weight excluding hydrogens is 345 g/mol. The van der Waals surface area contributed by atoms with Crippen molar-refractivity contribution in [3.05, 3.63) is 71.6 Å². The van der Waals surface area contributed by atoms with Gasteiger partial charge in [0.05, 0.1) is 0 Å². The van der Waals surface area contributed by atoms with Crippen LogP contribution in [0.3, 0.4) is 0 Å². The summed E-state index contributed by atoms with van der Waals surface area (Å²) in [5.74, 6) is 0. The van der Waals surface area contributed by atoms with Gasteiger partial charge in [0.2, 0.25) is 0 Å². The summed E-state index contributed by atoms with van der Waals surface area (Å²) in [6.07, 6.45) is 7.36. The number of nitrogens with zero attached hydrogens (tertiary/aromatic N) is 3. The summed E-state index contributed by atoms with van der Waals surface area (Å²) in [6.45, 7) is 5.36. The second-order valence-corrected chi connectivity index (χ2v) is 7.36. The van der Waals surface area contributed by atoms with Crippen molar-refractivity contribution in [2.45, 2.75) is 38.7 Å².